The van der Waals surface area contributed by atoms with E-state index in [1.807, 2.05) is 31.2 Å². The van der Waals surface area contributed by atoms with Crippen molar-refractivity contribution < 1.29 is 4.79 Å². The number of aryl methyl sites for hydroxylation is 1. The molecule has 1 N–H and O–H groups in total. The Kier molecular flexibility index (Phi) is 6.70. The number of nitrogens with zero attached hydrogens (tertiary/aromatic N) is 3. The van der Waals surface area contributed by atoms with E-state index < -0.39 is 0 Å². The van der Waals surface area contributed by atoms with E-state index in [4.69, 9.17) is 11.6 Å². The lowest BCUT2D eigenvalue weighted by atomic mass is 10.0. The Labute approximate surface area is 148 Å². The summed E-state index contributed by atoms with van der Waals surface area (Å²) in [5.74, 6) is -0.230. The number of aromatic nitrogens is 2. The molecule has 2 aromatic rings. The molecule has 0 aliphatic rings. The van der Waals surface area contributed by atoms with E-state index >= 15 is 0 Å². The van der Waals surface area contributed by atoms with Crippen LogP contribution in [0.25, 0.3) is 0 Å². The summed E-state index contributed by atoms with van der Waals surface area (Å²) in [4.78, 5) is 22.8. The zero-order valence-corrected chi connectivity index (χ0v) is 15.0. The smallest absolute Gasteiger partial charge is 0.271 e. The molecule has 2 rings (SSSR count). The highest BCUT2D eigenvalue weighted by atomic mass is 35.5. The van der Waals surface area contributed by atoms with Crippen molar-refractivity contribution in [2.24, 2.45) is 0 Å². The van der Waals surface area contributed by atoms with Crippen molar-refractivity contribution in [2.75, 3.05) is 19.6 Å². The quantitative estimate of drug-likeness (QED) is 0.836. The molecule has 1 atom stereocenters. The van der Waals surface area contributed by atoms with Gasteiger partial charge < -0.3 is 5.32 Å². The average molecular weight is 347 g/mol. The third-order valence-electron chi connectivity index (χ3n) is 3.99. The zero-order valence-electron chi connectivity index (χ0n) is 14.3. The molecule has 0 spiro atoms. The number of carbonyl (C=O) groups is 1. The van der Waals surface area contributed by atoms with Crippen LogP contribution in [0.3, 0.4) is 0 Å². The second-order valence-corrected chi connectivity index (χ2v) is 5.92. The lowest BCUT2D eigenvalue weighted by Gasteiger charge is -2.30. The molecule has 1 amide bonds. The van der Waals surface area contributed by atoms with Gasteiger partial charge in [-0.05, 0) is 31.6 Å². The van der Waals surface area contributed by atoms with Gasteiger partial charge in [0.05, 0.1) is 17.9 Å². The fourth-order valence-corrected chi connectivity index (χ4v) is 2.90. The molecular weight excluding hydrogens is 324 g/mol. The monoisotopic (exact) mass is 346 g/mol. The van der Waals surface area contributed by atoms with Crippen molar-refractivity contribution in [1.29, 1.82) is 0 Å². The second-order valence-electron chi connectivity index (χ2n) is 5.51. The Morgan fingerprint density at radius 2 is 1.92 bits per heavy atom. The SMILES string of the molecule is CCN(CC)C(CNC(=O)c1cnc(C)cn1)c1ccccc1Cl. The molecule has 0 radical (unpaired) electrons. The standard InChI is InChI=1S/C18H23ClN4O/c1-4-23(5-2)17(14-8-6-7-9-15(14)19)12-22-18(24)16-11-20-13(3)10-21-16/h6-11,17H,4-5,12H2,1-3H3,(H,22,24). The van der Waals surface area contributed by atoms with Crippen LogP contribution < -0.4 is 5.32 Å². The van der Waals surface area contributed by atoms with Gasteiger partial charge in [-0.1, -0.05) is 43.6 Å². The third-order valence-corrected chi connectivity index (χ3v) is 4.33. The summed E-state index contributed by atoms with van der Waals surface area (Å²) in [5.41, 5.74) is 2.11. The van der Waals surface area contributed by atoms with Gasteiger partial charge in [0.1, 0.15) is 5.69 Å². The van der Waals surface area contributed by atoms with Crippen LogP contribution in [-0.2, 0) is 0 Å². The van der Waals surface area contributed by atoms with Crippen LogP contribution in [0.2, 0.25) is 5.02 Å². The Hall–Kier alpha value is -1.98. The van der Waals surface area contributed by atoms with Gasteiger partial charge in [0, 0.05) is 17.8 Å². The molecule has 0 aliphatic carbocycles. The molecule has 1 aromatic heterocycles. The van der Waals surface area contributed by atoms with Gasteiger partial charge in [0.15, 0.2) is 0 Å². The van der Waals surface area contributed by atoms with Crippen LogP contribution in [0.4, 0.5) is 0 Å². The van der Waals surface area contributed by atoms with Gasteiger partial charge in [-0.15, -0.1) is 0 Å². The average Bonchev–Trinajstić information content (AvgIpc) is 2.60. The maximum Gasteiger partial charge on any atom is 0.271 e. The number of benzene rings is 1. The number of nitrogens with one attached hydrogen (secondary N) is 1. The summed E-state index contributed by atoms with van der Waals surface area (Å²) < 4.78 is 0. The molecule has 0 aliphatic heterocycles. The van der Waals surface area contributed by atoms with Crippen LogP contribution in [0.15, 0.2) is 36.7 Å². The van der Waals surface area contributed by atoms with Crippen LogP contribution in [0.5, 0.6) is 0 Å². The molecule has 6 heteroatoms. The molecule has 0 fully saturated rings. The minimum absolute atomic E-state index is 0.0102. The molecular formula is C18H23ClN4O. The summed E-state index contributed by atoms with van der Waals surface area (Å²) in [7, 11) is 0. The van der Waals surface area contributed by atoms with Crippen LogP contribution in [0, 0.1) is 6.92 Å². The summed E-state index contributed by atoms with van der Waals surface area (Å²) >= 11 is 6.37. The summed E-state index contributed by atoms with van der Waals surface area (Å²) in [6.07, 6.45) is 3.08. The maximum atomic E-state index is 12.3. The number of rotatable bonds is 7. The largest absolute Gasteiger partial charge is 0.349 e. The number of hydrogen-bond acceptors (Lipinski definition) is 4. The maximum absolute atomic E-state index is 12.3. The van der Waals surface area contributed by atoms with Crippen molar-refractivity contribution in [1.82, 2.24) is 20.2 Å². The Balaban J connectivity index is 2.15. The fraction of sp³-hybridized carbons (Fsp3) is 0.389. The van der Waals surface area contributed by atoms with Crippen molar-refractivity contribution >= 4 is 17.5 Å². The van der Waals surface area contributed by atoms with E-state index in [0.717, 1.165) is 24.3 Å². The van der Waals surface area contributed by atoms with E-state index in [9.17, 15) is 4.79 Å². The number of likely N-dealkylation sites (N-methyl/N-ethyl adjacent to an activating group) is 1. The number of carbonyl (C=O) groups excluding carboxylic acids is 1. The van der Waals surface area contributed by atoms with Crippen molar-refractivity contribution in [2.45, 2.75) is 26.8 Å². The normalized spacial score (nSPS) is 12.2. The summed E-state index contributed by atoms with van der Waals surface area (Å²) in [6, 6.07) is 7.76. The fourth-order valence-electron chi connectivity index (χ4n) is 2.64. The summed E-state index contributed by atoms with van der Waals surface area (Å²) in [5, 5.41) is 3.66. The highest BCUT2D eigenvalue weighted by molar-refractivity contribution is 6.31. The molecule has 1 unspecified atom stereocenters. The van der Waals surface area contributed by atoms with Gasteiger partial charge >= 0.3 is 0 Å². The molecule has 0 saturated carbocycles. The second kappa shape index (κ2) is 8.76. The highest BCUT2D eigenvalue weighted by Gasteiger charge is 2.21. The number of hydrogen-bond donors (Lipinski definition) is 1. The lowest BCUT2D eigenvalue weighted by molar-refractivity contribution is 0.0929. The lowest BCUT2D eigenvalue weighted by Crippen LogP contribution is -2.38. The first kappa shape index (κ1) is 18.4. The van der Waals surface area contributed by atoms with Crippen LogP contribution >= 0.6 is 11.6 Å². The summed E-state index contributed by atoms with van der Waals surface area (Å²) in [6.45, 7) is 8.22. The van der Waals surface area contributed by atoms with E-state index in [0.29, 0.717) is 17.3 Å². The molecule has 0 saturated heterocycles. The van der Waals surface area contributed by atoms with E-state index in [-0.39, 0.29) is 11.9 Å². The van der Waals surface area contributed by atoms with E-state index in [1.165, 1.54) is 6.20 Å². The van der Waals surface area contributed by atoms with Gasteiger partial charge in [-0.25, -0.2) is 4.98 Å². The molecule has 5 nitrogen and oxygen atoms in total. The van der Waals surface area contributed by atoms with Crippen molar-refractivity contribution in [3.63, 3.8) is 0 Å². The highest BCUT2D eigenvalue weighted by Crippen LogP contribution is 2.27. The minimum atomic E-state index is -0.230. The Morgan fingerprint density at radius 1 is 1.21 bits per heavy atom. The first-order valence-corrected chi connectivity index (χ1v) is 8.49. The molecule has 24 heavy (non-hydrogen) atoms. The molecule has 128 valence electrons. The van der Waals surface area contributed by atoms with E-state index in [2.05, 4.69) is 34.0 Å². The molecule has 1 heterocycles. The Morgan fingerprint density at radius 3 is 2.50 bits per heavy atom. The number of halogens is 1. The first-order chi connectivity index (χ1) is 11.6. The van der Waals surface area contributed by atoms with E-state index in [1.54, 1.807) is 6.20 Å². The third kappa shape index (κ3) is 4.52. The van der Waals surface area contributed by atoms with Gasteiger partial charge in [0.2, 0.25) is 0 Å². The van der Waals surface area contributed by atoms with Gasteiger partial charge in [-0.3, -0.25) is 14.7 Å². The Bertz CT molecular complexity index is 671. The van der Waals surface area contributed by atoms with Crippen molar-refractivity contribution in [3.8, 4) is 0 Å². The van der Waals surface area contributed by atoms with Gasteiger partial charge in [0.25, 0.3) is 5.91 Å². The predicted octanol–water partition coefficient (Wildman–Crippen LogP) is 3.25. The van der Waals surface area contributed by atoms with Crippen molar-refractivity contribution in [3.05, 3.63) is 58.6 Å². The van der Waals surface area contributed by atoms with Gasteiger partial charge in [-0.2, -0.15) is 0 Å². The zero-order chi connectivity index (χ0) is 17.5. The minimum Gasteiger partial charge on any atom is -0.349 e. The van der Waals surface area contributed by atoms with Crippen LogP contribution in [-0.4, -0.2) is 40.4 Å². The molecule has 0 bridgehead atoms. The molecule has 1 aromatic carbocycles. The first-order valence-electron chi connectivity index (χ1n) is 8.12. The van der Waals surface area contributed by atoms with Crippen LogP contribution in [0.1, 0.15) is 41.6 Å². The number of amides is 1. The topological polar surface area (TPSA) is 58.1 Å². The predicted molar refractivity (Wildman–Crippen MR) is 96.2 cm³/mol.